The molecule has 3 amide bonds. The van der Waals surface area contributed by atoms with Crippen molar-refractivity contribution in [2.45, 2.75) is 45.9 Å². The van der Waals surface area contributed by atoms with Gasteiger partial charge in [-0.05, 0) is 69.2 Å². The number of esters is 1. The van der Waals surface area contributed by atoms with Gasteiger partial charge in [0.15, 0.2) is 5.11 Å². The number of hydrogen-bond acceptors (Lipinski definition) is 7. The fraction of sp³-hybridized carbons (Fsp3) is 0.344. The summed E-state index contributed by atoms with van der Waals surface area (Å²) in [4.78, 5) is 58.5. The molecule has 2 heterocycles. The largest absolute Gasteiger partial charge is 0.465 e. The SMILES string of the molecule is CCOC(=O)c1[nH]ccc1N(Cc1ccccc1C1CN(C(=O)OC(C)(C)C)CCN1C(=O)O)C(=S)NC(=O)c1ccccc1. The molecule has 13 heteroatoms. The van der Waals surface area contributed by atoms with E-state index in [4.69, 9.17) is 21.7 Å². The smallest absolute Gasteiger partial charge is 0.410 e. The predicted octanol–water partition coefficient (Wildman–Crippen LogP) is 5.18. The first-order valence-corrected chi connectivity index (χ1v) is 14.9. The number of piperazine rings is 1. The van der Waals surface area contributed by atoms with E-state index >= 15 is 0 Å². The fourth-order valence-electron chi connectivity index (χ4n) is 4.99. The number of carboxylic acid groups (broad SMARTS) is 1. The minimum absolute atomic E-state index is 0.0120. The normalized spacial score (nSPS) is 14.8. The van der Waals surface area contributed by atoms with Gasteiger partial charge in [0.1, 0.15) is 11.3 Å². The average Bonchev–Trinajstić information content (AvgIpc) is 3.49. The third-order valence-electron chi connectivity index (χ3n) is 7.02. The van der Waals surface area contributed by atoms with E-state index in [2.05, 4.69) is 10.3 Å². The molecular formula is C32H37N5O7S. The van der Waals surface area contributed by atoms with Crippen LogP contribution in [0, 0.1) is 0 Å². The second-order valence-corrected chi connectivity index (χ2v) is 11.7. The van der Waals surface area contributed by atoms with Crippen molar-refractivity contribution >= 4 is 47.1 Å². The lowest BCUT2D eigenvalue weighted by Gasteiger charge is -2.41. The van der Waals surface area contributed by atoms with E-state index in [0.29, 0.717) is 22.4 Å². The van der Waals surface area contributed by atoms with Gasteiger partial charge in [-0.25, -0.2) is 14.4 Å². The maximum Gasteiger partial charge on any atom is 0.410 e. The quantitative estimate of drug-likeness (QED) is 0.236. The second kappa shape index (κ2) is 14.2. The van der Waals surface area contributed by atoms with Crippen molar-refractivity contribution in [1.82, 2.24) is 20.1 Å². The Morgan fingerprint density at radius 1 is 1.04 bits per heavy atom. The highest BCUT2D eigenvalue weighted by Crippen LogP contribution is 2.32. The number of nitrogens with one attached hydrogen (secondary N) is 2. The van der Waals surface area contributed by atoms with Crippen LogP contribution in [0.15, 0.2) is 66.9 Å². The van der Waals surface area contributed by atoms with Gasteiger partial charge in [0.2, 0.25) is 0 Å². The minimum atomic E-state index is -1.13. The zero-order valence-electron chi connectivity index (χ0n) is 25.6. The number of rotatable bonds is 7. The molecule has 2 aromatic carbocycles. The number of nitrogens with zero attached hydrogens (tertiary/aromatic N) is 3. The molecule has 45 heavy (non-hydrogen) atoms. The van der Waals surface area contributed by atoms with E-state index in [0.717, 1.165) is 0 Å². The Morgan fingerprint density at radius 2 is 1.73 bits per heavy atom. The lowest BCUT2D eigenvalue weighted by molar-refractivity contribution is 0.00500. The summed E-state index contributed by atoms with van der Waals surface area (Å²) in [6.45, 7) is 7.51. The van der Waals surface area contributed by atoms with Crippen LogP contribution >= 0.6 is 12.2 Å². The molecule has 3 aromatic rings. The number of thiocarbonyl (C=S) groups is 1. The molecule has 1 saturated heterocycles. The van der Waals surface area contributed by atoms with Crippen LogP contribution in [0.1, 0.15) is 65.7 Å². The van der Waals surface area contributed by atoms with Crippen LogP contribution in [0.3, 0.4) is 0 Å². The van der Waals surface area contributed by atoms with E-state index in [1.165, 1.54) is 9.80 Å². The zero-order chi connectivity index (χ0) is 32.7. The van der Waals surface area contributed by atoms with E-state index in [9.17, 15) is 24.3 Å². The lowest BCUT2D eigenvalue weighted by atomic mass is 9.96. The van der Waals surface area contributed by atoms with E-state index < -0.39 is 35.7 Å². The maximum atomic E-state index is 13.1. The van der Waals surface area contributed by atoms with Crippen LogP contribution in [-0.2, 0) is 16.0 Å². The van der Waals surface area contributed by atoms with Gasteiger partial charge in [-0.15, -0.1) is 0 Å². The van der Waals surface area contributed by atoms with Crippen LogP contribution in [-0.4, -0.2) is 80.9 Å². The molecule has 1 atom stereocenters. The molecule has 1 aromatic heterocycles. The topological polar surface area (TPSA) is 145 Å². The van der Waals surface area contributed by atoms with Crippen LogP contribution in [0.5, 0.6) is 0 Å². The molecule has 4 rings (SSSR count). The standard InChI is InChI=1S/C32H37N5O7S/c1-5-43-28(39)26-24(15-16-33-26)37(29(45)34-27(38)21-11-7-6-8-12-21)19-22-13-9-10-14-23(22)25-20-35(17-18-36(25)30(40)41)31(42)44-32(2,3)4/h6-16,25,33H,5,17-20H2,1-4H3,(H,40,41)(H,34,38,45). The Morgan fingerprint density at radius 3 is 2.40 bits per heavy atom. The summed E-state index contributed by atoms with van der Waals surface area (Å²) >= 11 is 5.73. The molecule has 3 N–H and O–H groups in total. The Kier molecular flexibility index (Phi) is 10.4. The molecule has 0 radical (unpaired) electrons. The summed E-state index contributed by atoms with van der Waals surface area (Å²) in [5.74, 6) is -1.05. The number of H-pyrrole nitrogens is 1. The van der Waals surface area contributed by atoms with E-state index in [1.54, 1.807) is 93.4 Å². The van der Waals surface area contributed by atoms with Crippen molar-refractivity contribution in [3.8, 4) is 0 Å². The third kappa shape index (κ3) is 8.18. The molecule has 0 spiro atoms. The summed E-state index contributed by atoms with van der Waals surface area (Å²) in [5, 5.41) is 12.9. The van der Waals surface area contributed by atoms with Gasteiger partial charge in [0.05, 0.1) is 24.9 Å². The number of ether oxygens (including phenoxy) is 2. The molecule has 0 aliphatic carbocycles. The van der Waals surface area contributed by atoms with E-state index in [-0.39, 0.29) is 43.6 Å². The molecule has 0 bridgehead atoms. The van der Waals surface area contributed by atoms with Crippen LogP contribution in [0.25, 0.3) is 0 Å². The highest BCUT2D eigenvalue weighted by atomic mass is 32.1. The molecule has 1 aliphatic heterocycles. The molecule has 1 fully saturated rings. The molecule has 12 nitrogen and oxygen atoms in total. The van der Waals surface area contributed by atoms with Gasteiger partial charge >= 0.3 is 18.2 Å². The third-order valence-corrected chi connectivity index (χ3v) is 7.34. The zero-order valence-corrected chi connectivity index (χ0v) is 26.4. The highest BCUT2D eigenvalue weighted by molar-refractivity contribution is 7.80. The number of benzene rings is 2. The van der Waals surface area contributed by atoms with Crippen molar-refractivity contribution in [1.29, 1.82) is 0 Å². The number of carbonyl (C=O) groups is 4. The van der Waals surface area contributed by atoms with Crippen molar-refractivity contribution in [3.63, 3.8) is 0 Å². The van der Waals surface area contributed by atoms with Crippen LogP contribution < -0.4 is 10.2 Å². The number of hydrogen-bond donors (Lipinski definition) is 3. The van der Waals surface area contributed by atoms with Gasteiger partial charge in [0.25, 0.3) is 5.91 Å². The first-order valence-electron chi connectivity index (χ1n) is 14.5. The molecule has 1 aliphatic rings. The predicted molar refractivity (Wildman–Crippen MR) is 171 cm³/mol. The Bertz CT molecular complexity index is 1550. The monoisotopic (exact) mass is 635 g/mol. The van der Waals surface area contributed by atoms with Crippen molar-refractivity contribution in [2.75, 3.05) is 31.1 Å². The van der Waals surface area contributed by atoms with Gasteiger partial charge in [0, 0.05) is 31.4 Å². The Labute approximate surface area is 266 Å². The van der Waals surface area contributed by atoms with Gasteiger partial charge in [-0.3, -0.25) is 15.0 Å². The number of carbonyl (C=O) groups excluding carboxylic acids is 3. The summed E-state index contributed by atoms with van der Waals surface area (Å²) in [7, 11) is 0. The molecular weight excluding hydrogens is 598 g/mol. The molecule has 0 saturated carbocycles. The fourth-order valence-corrected chi connectivity index (χ4v) is 5.25. The number of amides is 3. The van der Waals surface area contributed by atoms with Crippen molar-refractivity contribution < 1.29 is 33.8 Å². The summed E-state index contributed by atoms with van der Waals surface area (Å²) in [6, 6.07) is 16.7. The van der Waals surface area contributed by atoms with Crippen molar-refractivity contribution in [3.05, 3.63) is 89.2 Å². The average molecular weight is 636 g/mol. The maximum absolute atomic E-state index is 13.1. The number of aromatic nitrogens is 1. The second-order valence-electron chi connectivity index (χ2n) is 11.3. The first kappa shape index (κ1) is 33.0. The van der Waals surface area contributed by atoms with Gasteiger partial charge < -0.3 is 29.4 Å². The van der Waals surface area contributed by atoms with Gasteiger partial charge in [-0.2, -0.15) is 0 Å². The molecule has 238 valence electrons. The van der Waals surface area contributed by atoms with Crippen LogP contribution in [0.2, 0.25) is 0 Å². The first-order chi connectivity index (χ1) is 21.4. The summed E-state index contributed by atoms with van der Waals surface area (Å²) in [6.07, 6.45) is -0.0991. The van der Waals surface area contributed by atoms with Crippen molar-refractivity contribution in [2.24, 2.45) is 0 Å². The summed E-state index contributed by atoms with van der Waals surface area (Å²) in [5.41, 5.74) is 1.45. The lowest BCUT2D eigenvalue weighted by Crippen LogP contribution is -2.53. The van der Waals surface area contributed by atoms with Gasteiger partial charge in [-0.1, -0.05) is 42.5 Å². The summed E-state index contributed by atoms with van der Waals surface area (Å²) < 4.78 is 10.8. The van der Waals surface area contributed by atoms with E-state index in [1.807, 2.05) is 6.07 Å². The minimum Gasteiger partial charge on any atom is -0.465 e. The Hall–Kier alpha value is -4.91. The molecule has 1 unspecified atom stereocenters. The number of anilines is 1. The highest BCUT2D eigenvalue weighted by Gasteiger charge is 2.36. The van der Waals surface area contributed by atoms with Crippen LogP contribution in [0.4, 0.5) is 15.3 Å². The number of aromatic amines is 1. The Balaban J connectivity index is 1.72.